The molecule has 7 aliphatic carbocycles. The Balaban J connectivity index is 0.755. The molecule has 0 amide bonds. The van der Waals surface area contributed by atoms with E-state index in [-0.39, 0.29) is 18.0 Å². The fourth-order valence-electron chi connectivity index (χ4n) is 18.0. The molecule has 0 spiro atoms. The average molecular weight is 1180 g/mol. The fraction of sp³-hybridized carbons (Fsp3) is 0.808. The van der Waals surface area contributed by atoms with Gasteiger partial charge in [-0.2, -0.15) is 0 Å². The van der Waals surface area contributed by atoms with Gasteiger partial charge in [-0.3, -0.25) is 0 Å². The Labute approximate surface area is 513 Å². The summed E-state index contributed by atoms with van der Waals surface area (Å²) in [4.78, 5) is 74.4. The summed E-state index contributed by atoms with van der Waals surface area (Å²) in [7, 11) is 0. The Bertz CT molecular complexity index is 2200. The van der Waals surface area contributed by atoms with Gasteiger partial charge in [-0.05, 0) is 193 Å². The topological polar surface area (TPSA) is 158 Å². The van der Waals surface area contributed by atoms with Crippen LogP contribution in [-0.4, -0.2) is 75.0 Å². The largest absolute Gasteiger partial charge is 0.463 e. The molecule has 0 radical (unpaired) electrons. The Hall–Kier alpha value is -4.22. The lowest BCUT2D eigenvalue weighted by atomic mass is 9.61. The zero-order valence-corrected chi connectivity index (χ0v) is 53.4. The van der Waals surface area contributed by atoms with Crippen LogP contribution in [0.1, 0.15) is 246 Å². The molecule has 7 fully saturated rings. The Morgan fingerprint density at radius 3 is 1.27 bits per heavy atom. The molecule has 12 nitrogen and oxygen atoms in total. The third-order valence-corrected chi connectivity index (χ3v) is 22.1. The van der Waals surface area contributed by atoms with Gasteiger partial charge in [-0.15, -0.1) is 0 Å². The molecule has 478 valence electrons. The van der Waals surface area contributed by atoms with Gasteiger partial charge in [0.15, 0.2) is 0 Å². The van der Waals surface area contributed by atoms with Gasteiger partial charge in [0, 0.05) is 35.5 Å². The number of esters is 6. The smallest absolute Gasteiger partial charge is 0.333 e. The predicted octanol–water partition coefficient (Wildman–Crippen LogP) is 16.5. The van der Waals surface area contributed by atoms with Crippen molar-refractivity contribution in [3.63, 3.8) is 0 Å². The minimum Gasteiger partial charge on any atom is -0.463 e. The van der Waals surface area contributed by atoms with Crippen molar-refractivity contribution in [3.8, 4) is 0 Å². The minimum atomic E-state index is -0.509. The summed E-state index contributed by atoms with van der Waals surface area (Å²) in [5.74, 6) is 6.29. The van der Waals surface area contributed by atoms with E-state index in [9.17, 15) is 28.8 Å². The van der Waals surface area contributed by atoms with E-state index in [0.29, 0.717) is 109 Å². The number of hydrogen-bond acceptors (Lipinski definition) is 12. The number of fused-ring (bicyclic) bond motifs is 10. The lowest BCUT2D eigenvalue weighted by Crippen LogP contribution is -2.35. The first-order chi connectivity index (χ1) is 41.2. The maximum absolute atomic E-state index is 12.6. The van der Waals surface area contributed by atoms with Crippen LogP contribution in [0.5, 0.6) is 0 Å². The van der Waals surface area contributed by atoms with E-state index in [2.05, 4.69) is 27.0 Å². The lowest BCUT2D eigenvalue weighted by molar-refractivity contribution is -0.148. The normalized spacial score (nSPS) is 30.6. The van der Waals surface area contributed by atoms with Gasteiger partial charge in [0.1, 0.15) is 6.10 Å². The van der Waals surface area contributed by atoms with E-state index < -0.39 is 23.9 Å². The maximum Gasteiger partial charge on any atom is 0.333 e. The van der Waals surface area contributed by atoms with Crippen LogP contribution >= 0.6 is 0 Å². The highest BCUT2D eigenvalue weighted by molar-refractivity contribution is 5.92. The van der Waals surface area contributed by atoms with E-state index in [4.69, 9.17) is 28.4 Å². The van der Waals surface area contributed by atoms with Gasteiger partial charge in [0.25, 0.3) is 0 Å². The highest BCUT2D eigenvalue weighted by atomic mass is 16.6. The van der Waals surface area contributed by atoms with Crippen LogP contribution in [0.2, 0.25) is 0 Å². The molecule has 0 aromatic rings. The van der Waals surface area contributed by atoms with Crippen molar-refractivity contribution in [1.29, 1.82) is 0 Å². The van der Waals surface area contributed by atoms with Crippen molar-refractivity contribution < 1.29 is 57.2 Å². The molecule has 12 heteroatoms. The third kappa shape index (κ3) is 21.5. The molecule has 0 heterocycles. The van der Waals surface area contributed by atoms with Gasteiger partial charge in [0.05, 0.1) is 33.0 Å². The number of rotatable bonds is 41. The molecule has 85 heavy (non-hydrogen) atoms. The summed E-state index contributed by atoms with van der Waals surface area (Å²) < 4.78 is 33.5. The van der Waals surface area contributed by atoms with Crippen LogP contribution in [0.25, 0.3) is 0 Å². The quantitative estimate of drug-likeness (QED) is 0.0247. The number of carbonyl (C=O) groups is 6. The molecule has 7 saturated carbocycles. The van der Waals surface area contributed by atoms with Gasteiger partial charge in [0.2, 0.25) is 0 Å². The molecule has 0 N–H and O–H groups in total. The number of unbranched alkanes of at least 4 members (excludes halogenated alkanes) is 16. The molecule has 14 unspecified atom stereocenters. The zero-order valence-electron chi connectivity index (χ0n) is 53.4. The molecule has 0 aliphatic heterocycles. The van der Waals surface area contributed by atoms with Crippen LogP contribution in [-0.2, 0) is 57.2 Å². The van der Waals surface area contributed by atoms with Crippen LogP contribution < -0.4 is 0 Å². The van der Waals surface area contributed by atoms with Gasteiger partial charge >= 0.3 is 35.8 Å². The summed E-state index contributed by atoms with van der Waals surface area (Å²) in [6.07, 6.45) is 45.7. The van der Waals surface area contributed by atoms with Gasteiger partial charge < -0.3 is 28.4 Å². The van der Waals surface area contributed by atoms with Crippen LogP contribution in [0.3, 0.4) is 0 Å². The summed E-state index contributed by atoms with van der Waals surface area (Å²) in [5.41, 5.74) is 0.882. The van der Waals surface area contributed by atoms with E-state index in [1.807, 2.05) is 0 Å². The van der Waals surface area contributed by atoms with Crippen LogP contribution in [0, 0.1) is 88.8 Å². The Morgan fingerprint density at radius 2 is 0.776 bits per heavy atom. The summed E-state index contributed by atoms with van der Waals surface area (Å²) in [6.45, 7) is 17.3. The Kier molecular flexibility index (Phi) is 29.2. The highest BCUT2D eigenvalue weighted by Gasteiger charge is 2.58. The molecule has 0 saturated heterocycles. The predicted molar refractivity (Wildman–Crippen MR) is 333 cm³/mol. The van der Waals surface area contributed by atoms with E-state index in [0.717, 1.165) is 107 Å². The third-order valence-electron chi connectivity index (χ3n) is 22.1. The second-order valence-electron chi connectivity index (χ2n) is 28.2. The summed E-state index contributed by atoms with van der Waals surface area (Å²) in [5, 5.41) is 0. The first kappa shape index (κ1) is 68.3. The SMILES string of the molecule is C=C(C)C(=O)OCC1CC2CC1C1CC(COC(=O)/C=C/C(=O)OCCCCCCCC3C(CCCCCCCC)CCC(CCCCCC)C3CCCCCCCOC(=O)/C=C/C(=O)OCC3CC4C5CC(CC5OC(=O)C(=C)C)[C@H]4C3)C[C@@H]21. The van der Waals surface area contributed by atoms with Gasteiger partial charge in [-0.1, -0.05) is 155 Å². The van der Waals surface area contributed by atoms with E-state index >= 15 is 0 Å². The minimum absolute atomic E-state index is 0.0229. The molecular formula is C73H114O12. The van der Waals surface area contributed by atoms with E-state index in [1.54, 1.807) is 13.8 Å². The number of ether oxygens (including phenoxy) is 6. The molecule has 0 aromatic heterocycles. The fourth-order valence-corrected chi connectivity index (χ4v) is 18.0. The second kappa shape index (κ2) is 36.3. The molecule has 16 atom stereocenters. The Morgan fingerprint density at radius 1 is 0.376 bits per heavy atom. The van der Waals surface area contributed by atoms with E-state index in [1.165, 1.54) is 159 Å². The van der Waals surface area contributed by atoms with Crippen molar-refractivity contribution in [2.45, 2.75) is 252 Å². The van der Waals surface area contributed by atoms with Crippen molar-refractivity contribution in [2.24, 2.45) is 88.8 Å². The molecule has 4 bridgehead atoms. The highest BCUT2D eigenvalue weighted by Crippen LogP contribution is 2.63. The van der Waals surface area contributed by atoms with Crippen LogP contribution in [0.4, 0.5) is 0 Å². The zero-order chi connectivity index (χ0) is 60.5. The van der Waals surface area contributed by atoms with Crippen molar-refractivity contribution in [2.75, 3.05) is 33.0 Å². The standard InChI is InChI=1S/C73H114O12/c1-7-9-11-13-16-22-28-55-32-31-54(27-21-12-10-8-2)59(29-23-17-14-19-25-38-81-69(75)34-36-71(77)83-48-53-40-62-57-45-66(65(62)42-53)67(46-57)85-73(79)51(5)6)60(55)30-24-18-15-20-26-37-80-68(74)33-35-70(76)82-47-52-39-61-56-43-58(49-84-72(78)50(3)4)63(44-56)64(61)41-52/h33-36,52-67H,3,5,7-32,37-49H2,1-2,4,6H3/b35-33+,36-34+/t52?,53?,54?,55?,56?,57?,58?,59?,60?,61-,62+,63?,64?,65?,66?,67?/m0/s1. The first-order valence-electron chi connectivity index (χ1n) is 34.9. The van der Waals surface area contributed by atoms with Crippen LogP contribution in [0.15, 0.2) is 48.6 Å². The molecule has 7 rings (SSSR count). The second-order valence-corrected chi connectivity index (χ2v) is 28.2. The lowest BCUT2D eigenvalue weighted by Gasteiger charge is -2.44. The monoisotopic (exact) mass is 1180 g/mol. The molecule has 7 aliphatic rings. The maximum atomic E-state index is 12.6. The van der Waals surface area contributed by atoms with Crippen molar-refractivity contribution in [3.05, 3.63) is 48.6 Å². The van der Waals surface area contributed by atoms with Gasteiger partial charge in [-0.25, -0.2) is 28.8 Å². The van der Waals surface area contributed by atoms with Crippen molar-refractivity contribution in [1.82, 2.24) is 0 Å². The number of hydrogen-bond donors (Lipinski definition) is 0. The number of carbonyl (C=O) groups excluding carboxylic acids is 6. The average Bonchev–Trinajstić information content (AvgIpc) is 1.68. The molecule has 0 aromatic carbocycles. The van der Waals surface area contributed by atoms with Crippen molar-refractivity contribution >= 4 is 35.8 Å². The molecular weight excluding hydrogens is 1070 g/mol. The summed E-state index contributed by atoms with van der Waals surface area (Å²) in [6, 6.07) is 0. The first-order valence-corrected chi connectivity index (χ1v) is 34.9. The summed E-state index contributed by atoms with van der Waals surface area (Å²) >= 11 is 0.